The normalized spacial score (nSPS) is 8.77. The summed E-state index contributed by atoms with van der Waals surface area (Å²) in [7, 11) is 1.55. The summed E-state index contributed by atoms with van der Waals surface area (Å²) in [5.41, 5.74) is 6.91. The van der Waals surface area contributed by atoms with E-state index >= 15 is 0 Å². The van der Waals surface area contributed by atoms with Crippen LogP contribution in [-0.4, -0.2) is 18.8 Å². The maximum absolute atomic E-state index is 8.51. The molecule has 0 unspecified atom stereocenters. The number of methoxy groups -OCH3 is 1. The third-order valence-electron chi connectivity index (χ3n) is 1.53. The van der Waals surface area contributed by atoms with Gasteiger partial charge in [-0.3, -0.25) is 0 Å². The first-order chi connectivity index (χ1) is 6.27. The smallest absolute Gasteiger partial charge is 0.136 e. The Balaban J connectivity index is 3.06. The zero-order valence-electron chi connectivity index (χ0n) is 7.37. The van der Waals surface area contributed by atoms with Crippen LogP contribution < -0.4 is 10.5 Å². The summed E-state index contributed by atoms with van der Waals surface area (Å²) in [5, 5.41) is 8.51. The Morgan fingerprint density at radius 3 is 2.92 bits per heavy atom. The second-order valence-electron chi connectivity index (χ2n) is 2.42. The van der Waals surface area contributed by atoms with Gasteiger partial charge in [-0.1, -0.05) is 11.8 Å². The largest absolute Gasteiger partial charge is 0.495 e. The van der Waals surface area contributed by atoms with E-state index < -0.39 is 0 Å². The molecule has 0 aliphatic carbocycles. The predicted molar refractivity (Wildman–Crippen MR) is 51.4 cm³/mol. The predicted octanol–water partition coefficient (Wildman–Crippen LogP) is 0.621. The molecule has 1 rings (SSSR count). The Morgan fingerprint density at radius 1 is 1.54 bits per heavy atom. The fourth-order valence-corrected chi connectivity index (χ4v) is 0.946. The number of ether oxygens (including phenoxy) is 1. The van der Waals surface area contributed by atoms with Crippen LogP contribution in [0.3, 0.4) is 0 Å². The molecular weight excluding hydrogens is 166 g/mol. The Morgan fingerprint density at radius 2 is 2.31 bits per heavy atom. The van der Waals surface area contributed by atoms with Gasteiger partial charge in [0.1, 0.15) is 12.4 Å². The number of nitrogens with two attached hydrogens (primary N) is 1. The van der Waals surface area contributed by atoms with Gasteiger partial charge in [0.05, 0.1) is 12.7 Å². The van der Waals surface area contributed by atoms with Crippen LogP contribution in [0.4, 0.5) is 5.69 Å². The highest BCUT2D eigenvalue weighted by Gasteiger charge is 1.98. The third kappa shape index (κ3) is 2.39. The van der Waals surface area contributed by atoms with Crippen molar-refractivity contribution in [3.63, 3.8) is 0 Å². The van der Waals surface area contributed by atoms with Gasteiger partial charge in [0.2, 0.25) is 0 Å². The minimum atomic E-state index is -0.159. The van der Waals surface area contributed by atoms with Crippen molar-refractivity contribution < 1.29 is 9.84 Å². The van der Waals surface area contributed by atoms with Crippen molar-refractivity contribution in [3.05, 3.63) is 23.8 Å². The molecule has 0 spiro atoms. The van der Waals surface area contributed by atoms with Gasteiger partial charge in [-0.2, -0.15) is 0 Å². The van der Waals surface area contributed by atoms with Crippen LogP contribution in [-0.2, 0) is 0 Å². The van der Waals surface area contributed by atoms with Gasteiger partial charge < -0.3 is 15.6 Å². The fraction of sp³-hybridized carbons (Fsp3) is 0.200. The van der Waals surface area contributed by atoms with Gasteiger partial charge in [-0.15, -0.1) is 0 Å². The zero-order valence-corrected chi connectivity index (χ0v) is 7.37. The van der Waals surface area contributed by atoms with Crippen molar-refractivity contribution in [1.82, 2.24) is 0 Å². The summed E-state index contributed by atoms with van der Waals surface area (Å²) < 4.78 is 5.06. The van der Waals surface area contributed by atoms with Gasteiger partial charge in [-0.05, 0) is 12.1 Å². The van der Waals surface area contributed by atoms with Crippen molar-refractivity contribution >= 4 is 5.69 Å². The summed E-state index contributed by atoms with van der Waals surface area (Å²) >= 11 is 0. The molecular formula is C10H11NO2. The van der Waals surface area contributed by atoms with E-state index in [9.17, 15) is 0 Å². The average molecular weight is 177 g/mol. The van der Waals surface area contributed by atoms with Gasteiger partial charge in [-0.25, -0.2) is 0 Å². The molecule has 13 heavy (non-hydrogen) atoms. The van der Waals surface area contributed by atoms with Gasteiger partial charge in [0.15, 0.2) is 0 Å². The van der Waals surface area contributed by atoms with Crippen molar-refractivity contribution in [2.24, 2.45) is 0 Å². The molecule has 1 aromatic rings. The number of hydrogen-bond donors (Lipinski definition) is 2. The summed E-state index contributed by atoms with van der Waals surface area (Å²) in [4.78, 5) is 0. The third-order valence-corrected chi connectivity index (χ3v) is 1.53. The molecule has 0 atom stereocenters. The summed E-state index contributed by atoms with van der Waals surface area (Å²) in [6.45, 7) is -0.159. The van der Waals surface area contributed by atoms with Crippen LogP contribution in [0.15, 0.2) is 18.2 Å². The topological polar surface area (TPSA) is 55.5 Å². The molecule has 0 saturated heterocycles. The standard InChI is InChI=1S/C10H11NO2/c1-13-10-7-9(11)5-4-8(10)3-2-6-12/h4-5,7,12H,6,11H2,1H3. The quantitative estimate of drug-likeness (QED) is 0.488. The van der Waals surface area contributed by atoms with E-state index in [1.165, 1.54) is 0 Å². The van der Waals surface area contributed by atoms with E-state index in [-0.39, 0.29) is 6.61 Å². The Bertz CT molecular complexity index is 350. The molecule has 68 valence electrons. The minimum absolute atomic E-state index is 0.159. The van der Waals surface area contributed by atoms with E-state index in [2.05, 4.69) is 11.8 Å². The Hall–Kier alpha value is -1.66. The van der Waals surface area contributed by atoms with Crippen LogP contribution in [0.1, 0.15) is 5.56 Å². The number of hydrogen-bond acceptors (Lipinski definition) is 3. The van der Waals surface area contributed by atoms with Crippen LogP contribution in [0.25, 0.3) is 0 Å². The molecule has 0 amide bonds. The number of nitrogen functional groups attached to an aromatic ring is 1. The van der Waals surface area contributed by atoms with E-state index in [0.29, 0.717) is 11.4 Å². The number of aliphatic hydroxyl groups excluding tert-OH is 1. The molecule has 3 heteroatoms. The molecule has 0 heterocycles. The SMILES string of the molecule is COc1cc(N)ccc1C#CCO. The van der Waals surface area contributed by atoms with Crippen molar-refractivity contribution in [2.45, 2.75) is 0 Å². The lowest BCUT2D eigenvalue weighted by Crippen LogP contribution is -1.91. The molecule has 0 saturated carbocycles. The van der Waals surface area contributed by atoms with Crippen LogP contribution in [0.2, 0.25) is 0 Å². The minimum Gasteiger partial charge on any atom is -0.495 e. The summed E-state index contributed by atoms with van der Waals surface area (Å²) in [6, 6.07) is 5.20. The maximum Gasteiger partial charge on any atom is 0.136 e. The number of rotatable bonds is 1. The number of anilines is 1. The Labute approximate surface area is 77.1 Å². The van der Waals surface area contributed by atoms with Gasteiger partial charge >= 0.3 is 0 Å². The molecule has 0 radical (unpaired) electrons. The number of aliphatic hydroxyl groups is 1. The van der Waals surface area contributed by atoms with E-state index in [4.69, 9.17) is 15.6 Å². The second kappa shape index (κ2) is 4.39. The highest BCUT2D eigenvalue weighted by molar-refractivity contribution is 5.54. The lowest BCUT2D eigenvalue weighted by molar-refractivity contribution is 0.350. The molecule has 0 bridgehead atoms. The highest BCUT2D eigenvalue weighted by atomic mass is 16.5. The van der Waals surface area contributed by atoms with Crippen LogP contribution in [0.5, 0.6) is 5.75 Å². The van der Waals surface area contributed by atoms with Gasteiger partial charge in [0.25, 0.3) is 0 Å². The van der Waals surface area contributed by atoms with Gasteiger partial charge in [0, 0.05) is 11.8 Å². The summed E-state index contributed by atoms with van der Waals surface area (Å²) in [6.07, 6.45) is 0. The lowest BCUT2D eigenvalue weighted by Gasteiger charge is -2.03. The van der Waals surface area contributed by atoms with E-state index in [1.807, 2.05) is 0 Å². The van der Waals surface area contributed by atoms with Crippen LogP contribution >= 0.6 is 0 Å². The Kier molecular flexibility index (Phi) is 3.18. The van der Waals surface area contributed by atoms with E-state index in [1.54, 1.807) is 25.3 Å². The summed E-state index contributed by atoms with van der Waals surface area (Å²) in [5.74, 6) is 5.93. The first-order valence-corrected chi connectivity index (χ1v) is 3.81. The van der Waals surface area contributed by atoms with Crippen molar-refractivity contribution in [1.29, 1.82) is 0 Å². The first kappa shape index (κ1) is 9.43. The zero-order chi connectivity index (χ0) is 9.68. The fourth-order valence-electron chi connectivity index (χ4n) is 0.946. The van der Waals surface area contributed by atoms with E-state index in [0.717, 1.165) is 5.56 Å². The van der Waals surface area contributed by atoms with Crippen LogP contribution in [0, 0.1) is 11.8 Å². The second-order valence-corrected chi connectivity index (χ2v) is 2.42. The molecule has 0 aliphatic heterocycles. The molecule has 0 aromatic heterocycles. The molecule has 1 aromatic carbocycles. The number of benzene rings is 1. The molecule has 0 aliphatic rings. The highest BCUT2D eigenvalue weighted by Crippen LogP contribution is 2.19. The molecule has 0 fully saturated rings. The first-order valence-electron chi connectivity index (χ1n) is 3.81. The molecule has 3 N–H and O–H groups in total. The maximum atomic E-state index is 8.51. The van der Waals surface area contributed by atoms with Crippen molar-refractivity contribution in [2.75, 3.05) is 19.5 Å². The monoisotopic (exact) mass is 177 g/mol. The average Bonchev–Trinajstić information content (AvgIpc) is 2.16. The molecule has 3 nitrogen and oxygen atoms in total. The van der Waals surface area contributed by atoms with Crippen molar-refractivity contribution in [3.8, 4) is 17.6 Å². The lowest BCUT2D eigenvalue weighted by atomic mass is 10.2.